The average molecular weight is 437 g/mol. The van der Waals surface area contributed by atoms with Crippen LogP contribution in [0.1, 0.15) is 32.9 Å². The topological polar surface area (TPSA) is 84.2 Å². The molecule has 0 fully saturated rings. The second-order valence-electron chi connectivity index (χ2n) is 7.09. The van der Waals surface area contributed by atoms with Gasteiger partial charge in [0, 0.05) is 16.8 Å². The number of nitrogens with one attached hydrogen (secondary N) is 2. The predicted octanol–water partition coefficient (Wildman–Crippen LogP) is 4.21. The molecule has 1 amide bonds. The molecule has 0 aliphatic carbocycles. The summed E-state index contributed by atoms with van der Waals surface area (Å²) in [5.41, 5.74) is 5.51. The highest BCUT2D eigenvalue weighted by molar-refractivity contribution is 7.80. The third-order valence-electron chi connectivity index (χ3n) is 4.88. The van der Waals surface area contributed by atoms with E-state index in [9.17, 15) is 4.79 Å². The summed E-state index contributed by atoms with van der Waals surface area (Å²) in [7, 11) is 0. The van der Waals surface area contributed by atoms with Crippen molar-refractivity contribution >= 4 is 45.2 Å². The molecule has 0 bridgehead atoms. The number of thiocarbonyl (C=S) groups is 1. The molecule has 2 aromatic carbocycles. The minimum atomic E-state index is -0.242. The fourth-order valence-corrected chi connectivity index (χ4v) is 4.02. The number of aromatic nitrogens is 4. The third kappa shape index (κ3) is 3.94. The second kappa shape index (κ2) is 7.92. The van der Waals surface area contributed by atoms with Gasteiger partial charge in [0.2, 0.25) is 4.96 Å². The standard InChI is InChI=1S/C21H20N6OS2/c1-11-5-7-15(9-13(11)3)18(28)23-20(29)22-17-10-16(8-6-12(17)2)19-26-27-14(4)24-25-21(27)30-19/h5-10H,1-4H3,(H2,22,23,28,29). The van der Waals surface area contributed by atoms with Gasteiger partial charge in [-0.05, 0) is 74.8 Å². The van der Waals surface area contributed by atoms with E-state index in [0.29, 0.717) is 5.56 Å². The monoisotopic (exact) mass is 436 g/mol. The van der Waals surface area contributed by atoms with Crippen LogP contribution >= 0.6 is 23.6 Å². The molecule has 0 spiro atoms. The lowest BCUT2D eigenvalue weighted by molar-refractivity contribution is 0.0977. The number of anilines is 1. The Morgan fingerprint density at radius 2 is 1.77 bits per heavy atom. The number of hydrogen-bond acceptors (Lipinski definition) is 6. The van der Waals surface area contributed by atoms with Gasteiger partial charge in [0.05, 0.1) is 0 Å². The summed E-state index contributed by atoms with van der Waals surface area (Å²) in [6.45, 7) is 7.83. The number of carbonyl (C=O) groups is 1. The first-order chi connectivity index (χ1) is 14.3. The van der Waals surface area contributed by atoms with E-state index in [1.807, 2.05) is 58.0 Å². The summed E-state index contributed by atoms with van der Waals surface area (Å²) < 4.78 is 1.72. The summed E-state index contributed by atoms with van der Waals surface area (Å²) in [6.07, 6.45) is 0. The number of nitrogens with zero attached hydrogens (tertiary/aromatic N) is 4. The molecular weight excluding hydrogens is 416 g/mol. The molecule has 9 heteroatoms. The van der Waals surface area contributed by atoms with Gasteiger partial charge >= 0.3 is 0 Å². The van der Waals surface area contributed by atoms with Crippen molar-refractivity contribution in [2.75, 3.05) is 5.32 Å². The first-order valence-corrected chi connectivity index (χ1v) is 10.5. The summed E-state index contributed by atoms with van der Waals surface area (Å²) in [5.74, 6) is 0.502. The van der Waals surface area contributed by atoms with Gasteiger partial charge in [0.25, 0.3) is 5.91 Å². The Bertz CT molecular complexity index is 1290. The maximum absolute atomic E-state index is 12.5. The zero-order valence-corrected chi connectivity index (χ0v) is 18.6. The molecule has 2 N–H and O–H groups in total. The van der Waals surface area contributed by atoms with Gasteiger partial charge in [0.15, 0.2) is 10.9 Å². The maximum atomic E-state index is 12.5. The van der Waals surface area contributed by atoms with Crippen molar-refractivity contribution in [2.45, 2.75) is 27.7 Å². The van der Waals surface area contributed by atoms with E-state index < -0.39 is 0 Å². The Balaban J connectivity index is 1.52. The first kappa shape index (κ1) is 20.1. The summed E-state index contributed by atoms with van der Waals surface area (Å²) in [5, 5.41) is 19.7. The molecule has 0 aliphatic rings. The normalized spacial score (nSPS) is 10.9. The van der Waals surface area contributed by atoms with Gasteiger partial charge in [-0.15, -0.1) is 10.2 Å². The SMILES string of the molecule is Cc1ccc(C(=O)NC(=S)Nc2cc(-c3nn4c(C)nnc4s3)ccc2C)cc1C. The van der Waals surface area contributed by atoms with E-state index in [1.54, 1.807) is 10.6 Å². The molecule has 2 aromatic heterocycles. The number of carbonyl (C=O) groups excluding carboxylic acids is 1. The molecule has 0 saturated carbocycles. The minimum absolute atomic E-state index is 0.242. The predicted molar refractivity (Wildman–Crippen MR) is 123 cm³/mol. The molecule has 0 saturated heterocycles. The largest absolute Gasteiger partial charge is 0.332 e. The fraction of sp³-hybridized carbons (Fsp3) is 0.190. The fourth-order valence-electron chi connectivity index (χ4n) is 2.93. The number of hydrogen-bond donors (Lipinski definition) is 2. The van der Waals surface area contributed by atoms with Crippen molar-refractivity contribution in [1.82, 2.24) is 25.1 Å². The van der Waals surface area contributed by atoms with Crippen molar-refractivity contribution in [3.8, 4) is 10.6 Å². The van der Waals surface area contributed by atoms with E-state index in [2.05, 4.69) is 25.9 Å². The number of amides is 1. The Labute approximate surface area is 183 Å². The van der Waals surface area contributed by atoms with Crippen LogP contribution in [0, 0.1) is 27.7 Å². The van der Waals surface area contributed by atoms with E-state index in [0.717, 1.165) is 43.7 Å². The van der Waals surface area contributed by atoms with Gasteiger partial charge in [-0.2, -0.15) is 9.61 Å². The number of aryl methyl sites for hydroxylation is 4. The zero-order chi connectivity index (χ0) is 21.4. The lowest BCUT2D eigenvalue weighted by atomic mass is 10.1. The Hall–Kier alpha value is -3.17. The summed E-state index contributed by atoms with van der Waals surface area (Å²) in [4.78, 5) is 13.3. The zero-order valence-electron chi connectivity index (χ0n) is 17.0. The van der Waals surface area contributed by atoms with Crippen molar-refractivity contribution in [2.24, 2.45) is 0 Å². The van der Waals surface area contributed by atoms with Crippen LogP contribution in [0.5, 0.6) is 0 Å². The van der Waals surface area contributed by atoms with Crippen LogP contribution in [0.4, 0.5) is 5.69 Å². The van der Waals surface area contributed by atoms with Gasteiger partial charge in [-0.1, -0.05) is 29.5 Å². The smallest absolute Gasteiger partial charge is 0.257 e. The molecule has 0 aliphatic heterocycles. The van der Waals surface area contributed by atoms with Crippen molar-refractivity contribution in [1.29, 1.82) is 0 Å². The van der Waals surface area contributed by atoms with E-state index in [-0.39, 0.29) is 11.0 Å². The van der Waals surface area contributed by atoms with Gasteiger partial charge in [-0.3, -0.25) is 10.1 Å². The molecule has 2 heterocycles. The van der Waals surface area contributed by atoms with E-state index >= 15 is 0 Å². The first-order valence-electron chi connectivity index (χ1n) is 9.31. The third-order valence-corrected chi connectivity index (χ3v) is 6.03. The van der Waals surface area contributed by atoms with E-state index in [4.69, 9.17) is 12.2 Å². The quantitative estimate of drug-likeness (QED) is 0.468. The molecule has 4 aromatic rings. The van der Waals surface area contributed by atoms with Crippen LogP contribution < -0.4 is 10.6 Å². The second-order valence-corrected chi connectivity index (χ2v) is 8.45. The highest BCUT2D eigenvalue weighted by Crippen LogP contribution is 2.29. The number of benzene rings is 2. The van der Waals surface area contributed by atoms with E-state index in [1.165, 1.54) is 11.3 Å². The Morgan fingerprint density at radius 1 is 1.00 bits per heavy atom. The summed E-state index contributed by atoms with van der Waals surface area (Å²) >= 11 is 6.83. The number of rotatable bonds is 3. The van der Waals surface area contributed by atoms with Crippen LogP contribution in [-0.4, -0.2) is 30.8 Å². The highest BCUT2D eigenvalue weighted by atomic mass is 32.1. The van der Waals surface area contributed by atoms with Gasteiger partial charge in [-0.25, -0.2) is 0 Å². The molecule has 4 rings (SSSR count). The van der Waals surface area contributed by atoms with Gasteiger partial charge < -0.3 is 5.32 Å². The maximum Gasteiger partial charge on any atom is 0.257 e. The summed E-state index contributed by atoms with van der Waals surface area (Å²) in [6, 6.07) is 11.5. The Kier molecular flexibility index (Phi) is 5.31. The van der Waals surface area contributed by atoms with Crippen molar-refractivity contribution in [3.05, 3.63) is 64.5 Å². The van der Waals surface area contributed by atoms with Crippen LogP contribution in [-0.2, 0) is 0 Å². The average Bonchev–Trinajstić information content (AvgIpc) is 3.28. The van der Waals surface area contributed by atoms with Crippen LogP contribution in [0.15, 0.2) is 36.4 Å². The molecular formula is C21H20N6OS2. The van der Waals surface area contributed by atoms with Crippen molar-refractivity contribution < 1.29 is 4.79 Å². The molecule has 0 unspecified atom stereocenters. The molecule has 0 atom stereocenters. The Morgan fingerprint density at radius 3 is 2.50 bits per heavy atom. The number of fused-ring (bicyclic) bond motifs is 1. The molecule has 30 heavy (non-hydrogen) atoms. The molecule has 152 valence electrons. The molecule has 0 radical (unpaired) electrons. The molecule has 7 nitrogen and oxygen atoms in total. The highest BCUT2D eigenvalue weighted by Gasteiger charge is 2.13. The van der Waals surface area contributed by atoms with Gasteiger partial charge in [0.1, 0.15) is 5.01 Å². The minimum Gasteiger partial charge on any atom is -0.332 e. The lowest BCUT2D eigenvalue weighted by Gasteiger charge is -2.13. The van der Waals surface area contributed by atoms with Crippen molar-refractivity contribution in [3.63, 3.8) is 0 Å². The van der Waals surface area contributed by atoms with Crippen LogP contribution in [0.3, 0.4) is 0 Å². The lowest BCUT2D eigenvalue weighted by Crippen LogP contribution is -2.34. The van der Waals surface area contributed by atoms with Crippen LogP contribution in [0.25, 0.3) is 15.5 Å². The van der Waals surface area contributed by atoms with Crippen LogP contribution in [0.2, 0.25) is 0 Å².